The zero-order chi connectivity index (χ0) is 57.3. The van der Waals surface area contributed by atoms with Crippen LogP contribution in [-0.4, -0.2) is 66.5 Å². The normalized spacial score (nSPS) is 13.5. The predicted octanol–water partition coefficient (Wildman–Crippen LogP) is 18.1. The van der Waals surface area contributed by atoms with Crippen molar-refractivity contribution in [3.05, 3.63) is 203 Å². The van der Waals surface area contributed by atoms with E-state index in [0.29, 0.717) is 57.0 Å². The topological polar surface area (TPSA) is 132 Å². The number of nitrogens with zero attached hydrogens (tertiary/aromatic N) is 4. The van der Waals surface area contributed by atoms with E-state index in [2.05, 4.69) is 121 Å². The van der Waals surface area contributed by atoms with Crippen molar-refractivity contribution in [2.75, 3.05) is 13.1 Å². The van der Waals surface area contributed by atoms with Crippen molar-refractivity contribution in [2.45, 2.75) is 90.9 Å². The van der Waals surface area contributed by atoms with Crippen LogP contribution in [0.1, 0.15) is 155 Å². The van der Waals surface area contributed by atoms with Gasteiger partial charge in [-0.2, -0.15) is 0 Å². The van der Waals surface area contributed by atoms with Crippen molar-refractivity contribution < 1.29 is 19.2 Å². The van der Waals surface area contributed by atoms with Gasteiger partial charge in [-0.25, -0.2) is 9.97 Å². The Hall–Kier alpha value is -9.54. The first-order valence-corrected chi connectivity index (χ1v) is 30.1. The van der Waals surface area contributed by atoms with E-state index in [4.69, 9.17) is 9.97 Å². The molecule has 0 aliphatic carbocycles. The van der Waals surface area contributed by atoms with E-state index in [1.807, 2.05) is 66.7 Å². The zero-order valence-corrected chi connectivity index (χ0v) is 47.6. The highest BCUT2D eigenvalue weighted by atomic mass is 16.2. The molecule has 13 rings (SSSR count). The van der Waals surface area contributed by atoms with E-state index >= 15 is 4.79 Å². The molecule has 4 aliphatic heterocycles. The van der Waals surface area contributed by atoms with Crippen LogP contribution in [0, 0.1) is 0 Å². The number of unbranched alkanes of at least 4 members (excludes halogenated alkanes) is 10. The summed E-state index contributed by atoms with van der Waals surface area (Å²) in [7, 11) is 0. The number of imide groups is 2. The highest BCUT2D eigenvalue weighted by molar-refractivity contribution is 6.35. The number of amides is 4. The minimum absolute atomic E-state index is 0.273. The van der Waals surface area contributed by atoms with Crippen molar-refractivity contribution in [1.82, 2.24) is 29.7 Å². The minimum atomic E-state index is -0.414. The summed E-state index contributed by atoms with van der Waals surface area (Å²) >= 11 is 0. The van der Waals surface area contributed by atoms with Gasteiger partial charge in [0.1, 0.15) is 0 Å². The van der Waals surface area contributed by atoms with Gasteiger partial charge in [0.2, 0.25) is 0 Å². The van der Waals surface area contributed by atoms with Crippen molar-refractivity contribution in [1.29, 1.82) is 0 Å². The lowest BCUT2D eigenvalue weighted by Gasteiger charge is -2.33. The van der Waals surface area contributed by atoms with E-state index in [1.54, 1.807) is 18.2 Å². The molecule has 0 spiro atoms. The molecule has 0 unspecified atom stereocenters. The van der Waals surface area contributed by atoms with Gasteiger partial charge in [0.25, 0.3) is 23.6 Å². The standard InChI is InChI=1S/C74H66N6O4/c1-3-5-7-9-11-22-44-79-71(81)52-34-35-53-69-68(52)55(73(79)83)46-54(70(69)74(84)80(72(53)82)45-23-12-10-8-6-4-2)47-30-32-51(33-31-47)67-62-42-40-60(77-62)65(49-26-18-14-19-27-49)58-38-36-56(75-58)64(48-24-16-13-17-25-48)57-37-39-59(76-57)66(50-28-20-15-21-29-50)61-41-43-63(67)78-61/h13-21,24-43,46,75,78H,3-12,22-23,44-45H2,1-2H3. The SMILES string of the molecule is CCCCCCCCN1C(=O)c2ccc3c4c(c(-c5ccc(-c6c7nc(c(-c8ccccc8)c8ccc([nH]8)c(-c8ccccc8)c8nc(c(-c9ccccc9)c9ccc6[nH]9)C=C8)C=C7)cc5)cc(c24)C1=O)C(=O)N(CCCCCCCC)C3=O. The first-order valence-electron chi connectivity index (χ1n) is 30.1. The molecular formula is C74H66N6O4. The van der Waals surface area contributed by atoms with Gasteiger partial charge >= 0.3 is 0 Å². The average Bonchev–Trinajstić information content (AvgIpc) is 1.45. The van der Waals surface area contributed by atoms with E-state index in [1.165, 1.54) is 9.80 Å². The first kappa shape index (κ1) is 53.8. The number of aromatic nitrogens is 4. The Kier molecular flexibility index (Phi) is 15.0. The van der Waals surface area contributed by atoms with Crippen LogP contribution in [0.15, 0.2) is 158 Å². The van der Waals surface area contributed by atoms with Crippen LogP contribution in [-0.2, 0) is 0 Å². The van der Waals surface area contributed by atoms with Crippen LogP contribution in [0.2, 0.25) is 0 Å². The van der Waals surface area contributed by atoms with E-state index < -0.39 is 17.7 Å². The Bertz CT molecular complexity index is 4270. The monoisotopic (exact) mass is 1100 g/mol. The molecule has 3 aromatic heterocycles. The second-order valence-corrected chi connectivity index (χ2v) is 22.5. The maximum absolute atomic E-state index is 15.2. The van der Waals surface area contributed by atoms with Gasteiger partial charge in [0.15, 0.2) is 0 Å². The maximum atomic E-state index is 15.2. The Labute approximate surface area is 489 Å². The summed E-state index contributed by atoms with van der Waals surface area (Å²) in [6.07, 6.45) is 20.4. The van der Waals surface area contributed by atoms with Crippen LogP contribution < -0.4 is 0 Å². The summed E-state index contributed by atoms with van der Waals surface area (Å²) in [6.45, 7) is 4.93. The number of hydrogen-bond donors (Lipinski definition) is 2. The number of nitrogens with one attached hydrogen (secondary N) is 2. The molecule has 2 N–H and O–H groups in total. The molecule has 10 nitrogen and oxygen atoms in total. The predicted molar refractivity (Wildman–Crippen MR) is 341 cm³/mol. The molecule has 0 saturated carbocycles. The van der Waals surface area contributed by atoms with Crippen LogP contribution in [0.4, 0.5) is 0 Å². The third kappa shape index (κ3) is 9.89. The molecular weight excluding hydrogens is 1040 g/mol. The molecule has 0 atom stereocenters. The number of carbonyl (C=O) groups is 4. The average molecular weight is 1100 g/mol. The smallest absolute Gasteiger partial charge is 0.262 e. The summed E-state index contributed by atoms with van der Waals surface area (Å²) in [5, 5.41) is 0.765. The number of fused-ring (bicyclic) bond motifs is 8. The molecule has 4 aliphatic rings. The molecule has 84 heavy (non-hydrogen) atoms. The summed E-state index contributed by atoms with van der Waals surface area (Å²) < 4.78 is 0. The third-order valence-electron chi connectivity index (χ3n) is 17.1. The lowest BCUT2D eigenvalue weighted by Crippen LogP contribution is -2.44. The largest absolute Gasteiger partial charge is 0.354 e. The summed E-state index contributed by atoms with van der Waals surface area (Å²) in [4.78, 5) is 80.5. The van der Waals surface area contributed by atoms with Crippen molar-refractivity contribution >= 4 is 80.8 Å². The number of aromatic amines is 2. The van der Waals surface area contributed by atoms with Crippen molar-refractivity contribution in [3.8, 4) is 55.6 Å². The van der Waals surface area contributed by atoms with E-state index in [9.17, 15) is 14.4 Å². The zero-order valence-electron chi connectivity index (χ0n) is 47.6. The quantitative estimate of drug-likeness (QED) is 0.0612. The highest BCUT2D eigenvalue weighted by Crippen LogP contribution is 2.45. The molecule has 0 saturated heterocycles. The molecule has 10 heteroatoms. The van der Waals surface area contributed by atoms with Gasteiger partial charge in [0.05, 0.1) is 28.3 Å². The molecule has 6 aromatic carbocycles. The lowest BCUT2D eigenvalue weighted by molar-refractivity contribution is 0.0586. The number of carbonyl (C=O) groups excluding carboxylic acids is 4. The first-order chi connectivity index (χ1) is 41.3. The Morgan fingerprint density at radius 3 is 1.08 bits per heavy atom. The number of hydrogen-bond acceptors (Lipinski definition) is 6. The van der Waals surface area contributed by atoms with Crippen LogP contribution in [0.3, 0.4) is 0 Å². The molecule has 4 amide bonds. The fraction of sp³-hybridized carbons (Fsp3) is 0.216. The minimum Gasteiger partial charge on any atom is -0.354 e. The number of benzene rings is 6. The van der Waals surface area contributed by atoms with Crippen LogP contribution in [0.25, 0.3) is 113 Å². The molecule has 416 valence electrons. The Balaban J connectivity index is 1.00. The molecule has 8 bridgehead atoms. The number of H-pyrrole nitrogens is 2. The van der Waals surface area contributed by atoms with Crippen molar-refractivity contribution in [3.63, 3.8) is 0 Å². The van der Waals surface area contributed by atoms with E-state index in [0.717, 1.165) is 154 Å². The third-order valence-corrected chi connectivity index (χ3v) is 17.1. The lowest BCUT2D eigenvalue weighted by atomic mass is 9.81. The molecule has 9 aromatic rings. The Morgan fingerprint density at radius 1 is 0.321 bits per heavy atom. The van der Waals surface area contributed by atoms with Crippen LogP contribution >= 0.6 is 0 Å². The van der Waals surface area contributed by atoms with Gasteiger partial charge < -0.3 is 9.97 Å². The van der Waals surface area contributed by atoms with Gasteiger partial charge in [0, 0.05) is 84.9 Å². The fourth-order valence-corrected chi connectivity index (χ4v) is 12.9. The second kappa shape index (κ2) is 23.4. The molecule has 0 fully saturated rings. The summed E-state index contributed by atoms with van der Waals surface area (Å²) in [5.41, 5.74) is 16.9. The van der Waals surface area contributed by atoms with Gasteiger partial charge in [-0.1, -0.05) is 193 Å². The highest BCUT2D eigenvalue weighted by Gasteiger charge is 2.41. The van der Waals surface area contributed by atoms with Gasteiger partial charge in [-0.3, -0.25) is 29.0 Å². The molecule has 0 radical (unpaired) electrons. The second-order valence-electron chi connectivity index (χ2n) is 22.5. The van der Waals surface area contributed by atoms with Gasteiger partial charge in [-0.05, 0) is 113 Å². The fourth-order valence-electron chi connectivity index (χ4n) is 12.9. The van der Waals surface area contributed by atoms with Crippen molar-refractivity contribution in [2.24, 2.45) is 0 Å². The van der Waals surface area contributed by atoms with Gasteiger partial charge in [-0.15, -0.1) is 0 Å². The molecule has 7 heterocycles. The summed E-state index contributed by atoms with van der Waals surface area (Å²) in [5.74, 6) is -1.61. The Morgan fingerprint density at radius 2 is 0.667 bits per heavy atom. The maximum Gasteiger partial charge on any atom is 0.262 e. The summed E-state index contributed by atoms with van der Waals surface area (Å²) in [6, 6.07) is 52.8. The number of rotatable bonds is 19. The van der Waals surface area contributed by atoms with E-state index in [-0.39, 0.29) is 19.0 Å². The van der Waals surface area contributed by atoms with Crippen LogP contribution in [0.5, 0.6) is 0 Å².